The van der Waals surface area contributed by atoms with E-state index in [1.165, 1.54) is 24.3 Å². The van der Waals surface area contributed by atoms with Gasteiger partial charge in [0.1, 0.15) is 11.6 Å². The predicted octanol–water partition coefficient (Wildman–Crippen LogP) is 6.80. The highest BCUT2D eigenvalue weighted by Crippen LogP contribution is 2.45. The topological polar surface area (TPSA) is 135 Å². The van der Waals surface area contributed by atoms with Crippen molar-refractivity contribution in [2.24, 2.45) is 11.7 Å². The number of carbonyl (C=O) groups excluding carboxylic acids is 1. The van der Waals surface area contributed by atoms with E-state index >= 15 is 4.39 Å². The third-order valence-corrected chi connectivity index (χ3v) is 8.99. The van der Waals surface area contributed by atoms with Gasteiger partial charge in [-0.05, 0) is 61.4 Å². The number of nitrogen functional groups attached to an aromatic ring is 1. The van der Waals surface area contributed by atoms with Gasteiger partial charge >= 0.3 is 6.01 Å². The van der Waals surface area contributed by atoms with E-state index in [4.69, 9.17) is 48.8 Å². The molecule has 1 atom stereocenters. The summed E-state index contributed by atoms with van der Waals surface area (Å²) in [5.74, 6) is -2.59. The quantitative estimate of drug-likeness (QED) is 0.229. The number of imidazole rings is 1. The first-order valence-corrected chi connectivity index (χ1v) is 15.0. The summed E-state index contributed by atoms with van der Waals surface area (Å²) < 4.78 is 43.8. The van der Waals surface area contributed by atoms with Crippen LogP contribution in [-0.2, 0) is 9.53 Å². The summed E-state index contributed by atoms with van der Waals surface area (Å²) >= 11 is 12.7. The van der Waals surface area contributed by atoms with Crippen LogP contribution in [0, 0.1) is 17.6 Å². The van der Waals surface area contributed by atoms with E-state index in [0.29, 0.717) is 48.7 Å². The predicted molar refractivity (Wildman–Crippen MR) is 158 cm³/mol. The molecular formula is C30H30Cl2F2N6O3. The maximum atomic E-state index is 16.6. The number of aromatic nitrogens is 4. The highest BCUT2D eigenvalue weighted by molar-refractivity contribution is 6.31. The van der Waals surface area contributed by atoms with Crippen LogP contribution in [0.15, 0.2) is 34.7 Å². The number of hydrogen-bond acceptors (Lipinski definition) is 7. The molecule has 1 saturated carbocycles. The molecule has 13 heteroatoms. The van der Waals surface area contributed by atoms with Gasteiger partial charge in [-0.25, -0.2) is 13.8 Å². The van der Waals surface area contributed by atoms with Gasteiger partial charge in [0.05, 0.1) is 27.3 Å². The van der Waals surface area contributed by atoms with Crippen molar-refractivity contribution in [3.05, 3.63) is 63.4 Å². The SMILES string of the molecule is NC(=O)C(c1ccc(Cl)c(F)c1-n1c(C2CCCCC2)nc(-c2nnc(N)o2)c1-c1ccc(F)c(Cl)c1)C1CCOCC1. The van der Waals surface area contributed by atoms with Crippen LogP contribution in [0.5, 0.6) is 0 Å². The molecule has 2 aromatic carbocycles. The number of rotatable bonds is 7. The zero-order valence-corrected chi connectivity index (χ0v) is 24.7. The van der Waals surface area contributed by atoms with Gasteiger partial charge in [0.25, 0.3) is 5.89 Å². The van der Waals surface area contributed by atoms with E-state index < -0.39 is 23.5 Å². The van der Waals surface area contributed by atoms with Crippen LogP contribution in [-0.4, -0.2) is 38.9 Å². The van der Waals surface area contributed by atoms with Gasteiger partial charge in [-0.1, -0.05) is 53.6 Å². The lowest BCUT2D eigenvalue weighted by Gasteiger charge is -2.31. The molecule has 9 nitrogen and oxygen atoms in total. The molecule has 4 aromatic rings. The van der Waals surface area contributed by atoms with Gasteiger partial charge in [0.15, 0.2) is 11.5 Å². The standard InChI is InChI=1S/C30H30Cl2F2N6O3/c31-19-8-7-18(22(27(35)41)15-10-12-42-13-11-15)26(23(19)34)40-25(17-6-9-21(33)20(32)14-17)24(29-38-39-30(36)43-29)37-28(40)16-4-2-1-3-5-16/h6-9,14-16,22H,1-5,10-13H2,(H2,35,41)(H2,36,39). The van der Waals surface area contributed by atoms with E-state index in [0.717, 1.165) is 32.1 Å². The van der Waals surface area contributed by atoms with Crippen molar-refractivity contribution in [3.8, 4) is 28.5 Å². The van der Waals surface area contributed by atoms with Crippen molar-refractivity contribution in [2.75, 3.05) is 18.9 Å². The highest BCUT2D eigenvalue weighted by atomic mass is 35.5. The molecule has 2 aliphatic rings. The molecule has 1 unspecified atom stereocenters. The number of primary amides is 1. The Morgan fingerprint density at radius 3 is 2.40 bits per heavy atom. The summed E-state index contributed by atoms with van der Waals surface area (Å²) in [5, 5.41) is 7.58. The molecular weight excluding hydrogens is 601 g/mol. The summed E-state index contributed by atoms with van der Waals surface area (Å²) in [6.45, 7) is 0.917. The molecule has 4 N–H and O–H groups in total. The summed E-state index contributed by atoms with van der Waals surface area (Å²) in [6, 6.07) is 7.03. The van der Waals surface area contributed by atoms with Crippen LogP contribution < -0.4 is 11.5 Å². The van der Waals surface area contributed by atoms with Crippen molar-refractivity contribution >= 4 is 35.1 Å². The van der Waals surface area contributed by atoms with Crippen LogP contribution in [0.2, 0.25) is 10.0 Å². The zero-order chi connectivity index (χ0) is 30.2. The van der Waals surface area contributed by atoms with Gasteiger partial charge in [0.2, 0.25) is 5.91 Å². The lowest BCUT2D eigenvalue weighted by Crippen LogP contribution is -2.33. The summed E-state index contributed by atoms with van der Waals surface area (Å²) in [4.78, 5) is 18.1. The first kappa shape index (κ1) is 29.5. The Kier molecular flexibility index (Phi) is 8.39. The van der Waals surface area contributed by atoms with E-state index in [1.807, 2.05) is 0 Å². The van der Waals surface area contributed by atoms with Crippen molar-refractivity contribution < 1.29 is 22.7 Å². The molecule has 1 aliphatic heterocycles. The average Bonchev–Trinajstić information content (AvgIpc) is 3.61. The third-order valence-electron chi connectivity index (χ3n) is 8.41. The minimum Gasteiger partial charge on any atom is -0.402 e. The smallest absolute Gasteiger partial charge is 0.313 e. The molecule has 3 heterocycles. The molecule has 2 fully saturated rings. The largest absolute Gasteiger partial charge is 0.402 e. The zero-order valence-electron chi connectivity index (χ0n) is 23.2. The molecule has 0 bridgehead atoms. The number of nitrogens with two attached hydrogens (primary N) is 2. The lowest BCUT2D eigenvalue weighted by molar-refractivity contribution is -0.121. The number of carbonyl (C=O) groups is 1. The number of halogens is 4. The number of hydrogen-bond donors (Lipinski definition) is 2. The normalized spacial score (nSPS) is 17.3. The van der Waals surface area contributed by atoms with Crippen LogP contribution >= 0.6 is 23.2 Å². The molecule has 2 aromatic heterocycles. The maximum absolute atomic E-state index is 16.6. The number of nitrogens with zero attached hydrogens (tertiary/aromatic N) is 4. The molecule has 0 spiro atoms. The first-order chi connectivity index (χ1) is 20.7. The highest BCUT2D eigenvalue weighted by Gasteiger charge is 2.37. The third kappa shape index (κ3) is 5.61. The first-order valence-electron chi connectivity index (χ1n) is 14.3. The van der Waals surface area contributed by atoms with Crippen LogP contribution in [0.1, 0.15) is 68.2 Å². The molecule has 1 saturated heterocycles. The second-order valence-electron chi connectivity index (χ2n) is 11.0. The van der Waals surface area contributed by atoms with E-state index in [9.17, 15) is 9.18 Å². The second-order valence-corrected chi connectivity index (χ2v) is 11.9. The lowest BCUT2D eigenvalue weighted by atomic mass is 9.80. The van der Waals surface area contributed by atoms with E-state index in [2.05, 4.69) is 10.2 Å². The van der Waals surface area contributed by atoms with Crippen molar-refractivity contribution in [1.82, 2.24) is 19.7 Å². The monoisotopic (exact) mass is 630 g/mol. The van der Waals surface area contributed by atoms with Crippen LogP contribution in [0.3, 0.4) is 0 Å². The summed E-state index contributed by atoms with van der Waals surface area (Å²) in [7, 11) is 0. The molecule has 6 rings (SSSR count). The Hall–Kier alpha value is -3.54. The van der Waals surface area contributed by atoms with Gasteiger partial charge in [-0.3, -0.25) is 9.36 Å². The maximum Gasteiger partial charge on any atom is 0.313 e. The van der Waals surface area contributed by atoms with E-state index in [-0.39, 0.29) is 45.2 Å². The van der Waals surface area contributed by atoms with Crippen molar-refractivity contribution in [2.45, 2.75) is 56.8 Å². The summed E-state index contributed by atoms with van der Waals surface area (Å²) in [5.41, 5.74) is 13.1. The van der Waals surface area contributed by atoms with Gasteiger partial charge in [0, 0.05) is 24.7 Å². The molecule has 0 radical (unpaired) electrons. The van der Waals surface area contributed by atoms with Crippen molar-refractivity contribution in [1.29, 1.82) is 0 Å². The molecule has 1 amide bonds. The number of ether oxygens (including phenoxy) is 1. The average molecular weight is 632 g/mol. The van der Waals surface area contributed by atoms with Gasteiger partial charge < -0.3 is 20.6 Å². The molecule has 1 aliphatic carbocycles. The fraction of sp³-hybridized carbons (Fsp3) is 0.400. The van der Waals surface area contributed by atoms with E-state index in [1.54, 1.807) is 10.6 Å². The fourth-order valence-corrected chi connectivity index (χ4v) is 6.74. The van der Waals surface area contributed by atoms with Gasteiger partial charge in [-0.15, -0.1) is 5.10 Å². The Morgan fingerprint density at radius 1 is 1.00 bits per heavy atom. The number of anilines is 1. The van der Waals surface area contributed by atoms with Gasteiger partial charge in [-0.2, -0.15) is 0 Å². The molecule has 43 heavy (non-hydrogen) atoms. The summed E-state index contributed by atoms with van der Waals surface area (Å²) in [6.07, 6.45) is 5.71. The Balaban J connectivity index is 1.71. The minimum atomic E-state index is -0.848. The van der Waals surface area contributed by atoms with Crippen LogP contribution in [0.4, 0.5) is 14.8 Å². The minimum absolute atomic E-state index is 0.0105. The number of benzene rings is 2. The van der Waals surface area contributed by atoms with Crippen LogP contribution in [0.25, 0.3) is 28.5 Å². The Bertz CT molecular complexity index is 1660. The number of amides is 1. The molecule has 226 valence electrons. The second kappa shape index (κ2) is 12.2. The Morgan fingerprint density at radius 2 is 1.74 bits per heavy atom. The fourth-order valence-electron chi connectivity index (χ4n) is 6.41. The Labute approximate surface area is 256 Å². The van der Waals surface area contributed by atoms with Crippen molar-refractivity contribution in [3.63, 3.8) is 0 Å².